The summed E-state index contributed by atoms with van der Waals surface area (Å²) in [5.41, 5.74) is 8.74. The van der Waals surface area contributed by atoms with Gasteiger partial charge < -0.3 is 5.73 Å². The molecule has 0 atom stereocenters. The number of benzene rings is 1. The maximum absolute atomic E-state index is 5.53. The molecular formula is C11H12N2. The minimum Gasteiger partial charge on any atom is -0.325 e. The molecule has 1 aromatic carbocycles. The van der Waals surface area contributed by atoms with Gasteiger partial charge in [0.15, 0.2) is 0 Å². The first-order valence-electron chi connectivity index (χ1n) is 4.36. The highest BCUT2D eigenvalue weighted by atomic mass is 14.7. The van der Waals surface area contributed by atoms with Crippen molar-refractivity contribution in [3.63, 3.8) is 0 Å². The fourth-order valence-corrected chi connectivity index (χ4v) is 1.45. The van der Waals surface area contributed by atoms with Gasteiger partial charge in [0.1, 0.15) is 0 Å². The highest BCUT2D eigenvalue weighted by molar-refractivity contribution is 5.81. The lowest BCUT2D eigenvalue weighted by Crippen LogP contribution is -1.99. The monoisotopic (exact) mass is 172 g/mol. The van der Waals surface area contributed by atoms with Gasteiger partial charge in [-0.05, 0) is 18.6 Å². The molecule has 0 radical (unpaired) electrons. The molecule has 0 aliphatic carbocycles. The molecule has 0 unspecified atom stereocenters. The first kappa shape index (κ1) is 8.20. The van der Waals surface area contributed by atoms with Crippen LogP contribution in [0.5, 0.6) is 0 Å². The maximum atomic E-state index is 5.53. The number of aromatic nitrogens is 1. The standard InChI is InChI=1S/C11H12N2/c1-8-3-2-4-9-5-6-10(7-12)13-11(8)9/h2-6H,7,12H2,1H3. The lowest BCUT2D eigenvalue weighted by Gasteiger charge is -2.02. The number of rotatable bonds is 1. The van der Waals surface area contributed by atoms with Gasteiger partial charge >= 0.3 is 0 Å². The summed E-state index contributed by atoms with van der Waals surface area (Å²) < 4.78 is 0. The Bertz CT molecular complexity index is 435. The molecule has 1 heterocycles. The van der Waals surface area contributed by atoms with Gasteiger partial charge in [0.2, 0.25) is 0 Å². The van der Waals surface area contributed by atoms with Gasteiger partial charge in [-0.2, -0.15) is 0 Å². The molecule has 2 N–H and O–H groups in total. The molecule has 0 bridgehead atoms. The Morgan fingerprint density at radius 2 is 2.08 bits per heavy atom. The second kappa shape index (κ2) is 3.15. The Labute approximate surface area is 77.4 Å². The molecule has 0 aliphatic rings. The van der Waals surface area contributed by atoms with Crippen LogP contribution in [0.3, 0.4) is 0 Å². The Morgan fingerprint density at radius 1 is 1.23 bits per heavy atom. The SMILES string of the molecule is Cc1cccc2ccc(CN)nc12. The van der Waals surface area contributed by atoms with Gasteiger partial charge in [0.25, 0.3) is 0 Å². The molecule has 0 amide bonds. The van der Waals surface area contributed by atoms with Crippen LogP contribution in [0.4, 0.5) is 0 Å². The first-order chi connectivity index (χ1) is 6.31. The minimum absolute atomic E-state index is 0.504. The zero-order valence-electron chi connectivity index (χ0n) is 7.62. The quantitative estimate of drug-likeness (QED) is 0.714. The molecule has 1 aromatic heterocycles. The molecule has 2 heteroatoms. The largest absolute Gasteiger partial charge is 0.325 e. The summed E-state index contributed by atoms with van der Waals surface area (Å²) in [5, 5.41) is 1.18. The average Bonchev–Trinajstić information content (AvgIpc) is 2.18. The van der Waals surface area contributed by atoms with Crippen molar-refractivity contribution in [1.29, 1.82) is 0 Å². The summed E-state index contributed by atoms with van der Waals surface area (Å²) in [6, 6.07) is 10.2. The number of nitrogens with zero attached hydrogens (tertiary/aromatic N) is 1. The summed E-state index contributed by atoms with van der Waals surface area (Å²) in [4.78, 5) is 4.47. The van der Waals surface area contributed by atoms with Gasteiger partial charge in [-0.25, -0.2) is 0 Å². The molecule has 2 rings (SSSR count). The van der Waals surface area contributed by atoms with Crippen molar-refractivity contribution >= 4 is 10.9 Å². The van der Waals surface area contributed by atoms with Gasteiger partial charge in [-0.15, -0.1) is 0 Å². The number of aryl methyl sites for hydroxylation is 1. The second-order valence-electron chi connectivity index (χ2n) is 3.15. The van der Waals surface area contributed by atoms with Crippen LogP contribution < -0.4 is 5.73 Å². The predicted molar refractivity (Wildman–Crippen MR) is 54.4 cm³/mol. The molecule has 0 aliphatic heterocycles. The summed E-state index contributed by atoms with van der Waals surface area (Å²) in [5.74, 6) is 0. The summed E-state index contributed by atoms with van der Waals surface area (Å²) in [6.07, 6.45) is 0. The van der Waals surface area contributed by atoms with E-state index in [-0.39, 0.29) is 0 Å². The molecule has 0 saturated carbocycles. The van der Waals surface area contributed by atoms with Crippen molar-refractivity contribution in [2.24, 2.45) is 5.73 Å². The average molecular weight is 172 g/mol. The van der Waals surface area contributed by atoms with Crippen LogP contribution in [0.1, 0.15) is 11.3 Å². The van der Waals surface area contributed by atoms with E-state index in [1.165, 1.54) is 10.9 Å². The topological polar surface area (TPSA) is 38.9 Å². The Morgan fingerprint density at radius 3 is 2.85 bits per heavy atom. The Hall–Kier alpha value is -1.41. The highest BCUT2D eigenvalue weighted by Crippen LogP contribution is 2.15. The number of nitrogens with two attached hydrogens (primary N) is 1. The van der Waals surface area contributed by atoms with Gasteiger partial charge in [0, 0.05) is 11.9 Å². The van der Waals surface area contributed by atoms with Gasteiger partial charge in [-0.3, -0.25) is 4.98 Å². The summed E-state index contributed by atoms with van der Waals surface area (Å²) in [6.45, 7) is 2.57. The lowest BCUT2D eigenvalue weighted by molar-refractivity contribution is 1.00. The Kier molecular flexibility index (Phi) is 1.99. The molecule has 2 aromatic rings. The van der Waals surface area contributed by atoms with Crippen LogP contribution in [0.15, 0.2) is 30.3 Å². The van der Waals surface area contributed by atoms with E-state index < -0.39 is 0 Å². The molecule has 2 nitrogen and oxygen atoms in total. The third kappa shape index (κ3) is 1.40. The number of para-hydroxylation sites is 1. The van der Waals surface area contributed by atoms with Crippen molar-refractivity contribution in [3.8, 4) is 0 Å². The smallest absolute Gasteiger partial charge is 0.0735 e. The molecule has 66 valence electrons. The van der Waals surface area contributed by atoms with Crippen LogP contribution in [0.25, 0.3) is 10.9 Å². The minimum atomic E-state index is 0.504. The zero-order chi connectivity index (χ0) is 9.26. The van der Waals surface area contributed by atoms with E-state index in [1.807, 2.05) is 12.1 Å². The van der Waals surface area contributed by atoms with E-state index in [0.29, 0.717) is 6.54 Å². The van der Waals surface area contributed by atoms with Crippen LogP contribution in [-0.4, -0.2) is 4.98 Å². The third-order valence-electron chi connectivity index (χ3n) is 2.19. The Balaban J connectivity index is 2.74. The number of pyridine rings is 1. The van der Waals surface area contributed by atoms with Crippen molar-refractivity contribution in [2.75, 3.05) is 0 Å². The fourth-order valence-electron chi connectivity index (χ4n) is 1.45. The fraction of sp³-hybridized carbons (Fsp3) is 0.182. The number of fused-ring (bicyclic) bond motifs is 1. The van der Waals surface area contributed by atoms with E-state index in [9.17, 15) is 0 Å². The first-order valence-corrected chi connectivity index (χ1v) is 4.36. The molecule has 0 spiro atoms. The van der Waals surface area contributed by atoms with Crippen LogP contribution in [-0.2, 0) is 6.54 Å². The van der Waals surface area contributed by atoms with E-state index in [4.69, 9.17) is 5.73 Å². The van der Waals surface area contributed by atoms with E-state index in [1.54, 1.807) is 0 Å². The second-order valence-corrected chi connectivity index (χ2v) is 3.15. The lowest BCUT2D eigenvalue weighted by atomic mass is 10.1. The molecule has 13 heavy (non-hydrogen) atoms. The van der Waals surface area contributed by atoms with Gasteiger partial charge in [0.05, 0.1) is 11.2 Å². The van der Waals surface area contributed by atoms with Crippen molar-refractivity contribution in [3.05, 3.63) is 41.6 Å². The van der Waals surface area contributed by atoms with E-state index in [2.05, 4.69) is 30.1 Å². The summed E-state index contributed by atoms with van der Waals surface area (Å²) in [7, 11) is 0. The zero-order valence-corrected chi connectivity index (χ0v) is 7.62. The van der Waals surface area contributed by atoms with Crippen molar-refractivity contribution in [2.45, 2.75) is 13.5 Å². The predicted octanol–water partition coefficient (Wildman–Crippen LogP) is 2.00. The molecule has 0 saturated heterocycles. The third-order valence-corrected chi connectivity index (χ3v) is 2.19. The van der Waals surface area contributed by atoms with Crippen LogP contribution in [0.2, 0.25) is 0 Å². The molecular weight excluding hydrogens is 160 g/mol. The maximum Gasteiger partial charge on any atom is 0.0735 e. The number of hydrogen-bond donors (Lipinski definition) is 1. The summed E-state index contributed by atoms with van der Waals surface area (Å²) >= 11 is 0. The molecule has 0 fully saturated rings. The van der Waals surface area contributed by atoms with Crippen molar-refractivity contribution < 1.29 is 0 Å². The highest BCUT2D eigenvalue weighted by Gasteiger charge is 1.98. The van der Waals surface area contributed by atoms with Crippen LogP contribution in [0, 0.1) is 6.92 Å². The normalized spacial score (nSPS) is 10.6. The number of hydrogen-bond acceptors (Lipinski definition) is 2. The van der Waals surface area contributed by atoms with Crippen molar-refractivity contribution in [1.82, 2.24) is 4.98 Å². The van der Waals surface area contributed by atoms with Crippen LogP contribution >= 0.6 is 0 Å². The van der Waals surface area contributed by atoms with E-state index in [0.717, 1.165) is 11.2 Å². The van der Waals surface area contributed by atoms with E-state index >= 15 is 0 Å². The van der Waals surface area contributed by atoms with Gasteiger partial charge in [-0.1, -0.05) is 24.3 Å².